The predicted molar refractivity (Wildman–Crippen MR) is 77.1 cm³/mol. The van der Waals surface area contributed by atoms with Crippen LogP contribution in [-0.4, -0.2) is 42.0 Å². The van der Waals surface area contributed by atoms with Crippen LogP contribution in [0.25, 0.3) is 0 Å². The van der Waals surface area contributed by atoms with Crippen molar-refractivity contribution in [2.24, 2.45) is 0 Å². The molecule has 0 aliphatic carbocycles. The Balaban J connectivity index is 0.00000441. The first-order chi connectivity index (χ1) is 9.68. The van der Waals surface area contributed by atoms with Gasteiger partial charge in [0.25, 0.3) is 0 Å². The van der Waals surface area contributed by atoms with E-state index in [4.69, 9.17) is 5.11 Å². The number of anilines is 1. The summed E-state index contributed by atoms with van der Waals surface area (Å²) in [5.74, 6) is -1.50. The van der Waals surface area contributed by atoms with Crippen molar-refractivity contribution in [1.82, 2.24) is 4.90 Å². The minimum absolute atomic E-state index is 0. The number of hydrogen-bond acceptors (Lipinski definition) is 3. The van der Waals surface area contributed by atoms with Crippen molar-refractivity contribution in [1.29, 1.82) is 0 Å². The second-order valence-electron chi connectivity index (χ2n) is 4.51. The fourth-order valence-electron chi connectivity index (χ4n) is 1.58. The third kappa shape index (κ3) is 7.28. The molecular weight excluding hydrogens is 325 g/mol. The molecule has 0 radical (unpaired) electrons. The summed E-state index contributed by atoms with van der Waals surface area (Å²) < 4.78 is 37.5. The Bertz CT molecular complexity index is 523. The molecule has 0 bridgehead atoms. The van der Waals surface area contributed by atoms with Gasteiger partial charge in [0.2, 0.25) is 5.91 Å². The van der Waals surface area contributed by atoms with Crippen LogP contribution in [-0.2, 0) is 15.8 Å². The summed E-state index contributed by atoms with van der Waals surface area (Å²) in [4.78, 5) is 23.5. The van der Waals surface area contributed by atoms with Crippen molar-refractivity contribution < 1.29 is 27.9 Å². The smallest absolute Gasteiger partial charge is 0.416 e. The highest BCUT2D eigenvalue weighted by Crippen LogP contribution is 2.30. The summed E-state index contributed by atoms with van der Waals surface area (Å²) in [6, 6.07) is 4.31. The van der Waals surface area contributed by atoms with Gasteiger partial charge in [0.15, 0.2) is 0 Å². The third-order valence-electron chi connectivity index (χ3n) is 2.59. The maximum atomic E-state index is 12.5. The molecule has 0 spiro atoms. The van der Waals surface area contributed by atoms with Gasteiger partial charge >= 0.3 is 12.1 Å². The molecule has 1 rings (SSSR count). The lowest BCUT2D eigenvalue weighted by molar-refractivity contribution is -0.138. The molecule has 22 heavy (non-hydrogen) atoms. The zero-order valence-corrected chi connectivity index (χ0v) is 12.5. The summed E-state index contributed by atoms with van der Waals surface area (Å²) in [5, 5.41) is 10.8. The van der Waals surface area contributed by atoms with E-state index in [9.17, 15) is 22.8 Å². The van der Waals surface area contributed by atoms with Crippen LogP contribution >= 0.6 is 12.4 Å². The number of carbonyl (C=O) groups excluding carboxylic acids is 1. The van der Waals surface area contributed by atoms with Gasteiger partial charge in [0.05, 0.1) is 18.5 Å². The monoisotopic (exact) mass is 340 g/mol. The number of hydrogen-bond donors (Lipinski definition) is 2. The standard InChI is InChI=1S/C13H15F3N2O3.ClH/c1-18(6-5-12(20)21)8-11(19)17-10-4-2-3-9(7-10)13(14,15)16;/h2-4,7H,5-6,8H2,1H3,(H,17,19)(H,20,21);1H. The maximum Gasteiger partial charge on any atom is 0.416 e. The molecule has 0 saturated heterocycles. The number of amides is 1. The van der Waals surface area contributed by atoms with Gasteiger partial charge < -0.3 is 10.4 Å². The highest BCUT2D eigenvalue weighted by atomic mass is 35.5. The topological polar surface area (TPSA) is 69.6 Å². The van der Waals surface area contributed by atoms with Crippen LogP contribution in [0.3, 0.4) is 0 Å². The average Bonchev–Trinajstić information content (AvgIpc) is 2.35. The van der Waals surface area contributed by atoms with E-state index in [1.807, 2.05) is 0 Å². The van der Waals surface area contributed by atoms with Gasteiger partial charge in [-0.1, -0.05) is 6.07 Å². The number of nitrogens with zero attached hydrogens (tertiary/aromatic N) is 1. The Labute approximate surface area is 131 Å². The summed E-state index contributed by atoms with van der Waals surface area (Å²) in [5.41, 5.74) is -0.805. The molecule has 0 unspecified atom stereocenters. The highest BCUT2D eigenvalue weighted by Gasteiger charge is 2.30. The van der Waals surface area contributed by atoms with E-state index in [1.54, 1.807) is 7.05 Å². The van der Waals surface area contributed by atoms with Crippen molar-refractivity contribution in [3.63, 3.8) is 0 Å². The molecule has 0 aliphatic heterocycles. The molecule has 1 aromatic carbocycles. The van der Waals surface area contributed by atoms with E-state index in [1.165, 1.54) is 17.0 Å². The molecule has 0 heterocycles. The van der Waals surface area contributed by atoms with Crippen molar-refractivity contribution in [2.75, 3.05) is 25.5 Å². The van der Waals surface area contributed by atoms with Gasteiger partial charge in [-0.15, -0.1) is 12.4 Å². The zero-order chi connectivity index (χ0) is 16.0. The summed E-state index contributed by atoms with van der Waals surface area (Å²) in [7, 11) is 1.55. The fraction of sp³-hybridized carbons (Fsp3) is 0.385. The minimum atomic E-state index is -4.47. The highest BCUT2D eigenvalue weighted by molar-refractivity contribution is 5.92. The Kier molecular flexibility index (Phi) is 7.89. The van der Waals surface area contributed by atoms with Crippen LogP contribution in [0, 0.1) is 0 Å². The lowest BCUT2D eigenvalue weighted by atomic mass is 10.2. The van der Waals surface area contributed by atoms with Crippen LogP contribution < -0.4 is 5.32 Å². The Morgan fingerprint density at radius 1 is 1.32 bits per heavy atom. The molecular formula is C13H16ClF3N2O3. The Hall–Kier alpha value is -1.80. The van der Waals surface area contributed by atoms with Crippen molar-refractivity contribution in [3.05, 3.63) is 29.8 Å². The van der Waals surface area contributed by atoms with E-state index in [-0.39, 0.29) is 37.6 Å². The molecule has 9 heteroatoms. The Morgan fingerprint density at radius 3 is 2.50 bits per heavy atom. The Morgan fingerprint density at radius 2 is 1.95 bits per heavy atom. The number of likely N-dealkylation sites (N-methyl/N-ethyl adjacent to an activating group) is 1. The number of nitrogens with one attached hydrogen (secondary N) is 1. The van der Waals surface area contributed by atoms with Crippen molar-refractivity contribution in [2.45, 2.75) is 12.6 Å². The first kappa shape index (κ1) is 20.2. The quantitative estimate of drug-likeness (QED) is 0.834. The lowest BCUT2D eigenvalue weighted by Crippen LogP contribution is -2.31. The van der Waals surface area contributed by atoms with E-state index in [2.05, 4.69) is 5.32 Å². The average molecular weight is 341 g/mol. The van der Waals surface area contributed by atoms with Crippen LogP contribution in [0.1, 0.15) is 12.0 Å². The number of alkyl halides is 3. The number of benzene rings is 1. The number of carboxylic acids is 1. The van der Waals surface area contributed by atoms with E-state index in [0.29, 0.717) is 0 Å². The molecule has 2 N–H and O–H groups in total. The molecule has 1 amide bonds. The maximum absolute atomic E-state index is 12.5. The van der Waals surface area contributed by atoms with Crippen molar-refractivity contribution in [3.8, 4) is 0 Å². The van der Waals surface area contributed by atoms with E-state index >= 15 is 0 Å². The van der Waals surface area contributed by atoms with Gasteiger partial charge in [-0.05, 0) is 25.2 Å². The summed E-state index contributed by atoms with van der Waals surface area (Å²) >= 11 is 0. The number of halogens is 4. The number of rotatable bonds is 6. The molecule has 0 aliphatic rings. The van der Waals surface area contributed by atoms with Crippen LogP contribution in [0.15, 0.2) is 24.3 Å². The molecule has 1 aromatic rings. The second-order valence-corrected chi connectivity index (χ2v) is 4.51. The second kappa shape index (κ2) is 8.60. The van der Waals surface area contributed by atoms with Gasteiger partial charge in [-0.3, -0.25) is 14.5 Å². The van der Waals surface area contributed by atoms with Gasteiger partial charge in [0.1, 0.15) is 0 Å². The van der Waals surface area contributed by atoms with Gasteiger partial charge in [-0.25, -0.2) is 0 Å². The normalized spacial score (nSPS) is 11.0. The third-order valence-corrected chi connectivity index (χ3v) is 2.59. The number of carboxylic acid groups (broad SMARTS) is 1. The first-order valence-corrected chi connectivity index (χ1v) is 6.06. The molecule has 0 fully saturated rings. The largest absolute Gasteiger partial charge is 0.481 e. The molecule has 0 saturated carbocycles. The van der Waals surface area contributed by atoms with Crippen LogP contribution in [0.5, 0.6) is 0 Å². The number of carbonyl (C=O) groups is 2. The molecule has 5 nitrogen and oxygen atoms in total. The van der Waals surface area contributed by atoms with Crippen molar-refractivity contribution >= 4 is 30.0 Å². The summed E-state index contributed by atoms with van der Waals surface area (Å²) in [6.45, 7) is 0.0644. The first-order valence-electron chi connectivity index (χ1n) is 6.06. The van der Waals surface area contributed by atoms with Gasteiger partial charge in [-0.2, -0.15) is 13.2 Å². The predicted octanol–water partition coefficient (Wildman–Crippen LogP) is 2.47. The van der Waals surface area contributed by atoms with E-state index in [0.717, 1.165) is 12.1 Å². The zero-order valence-electron chi connectivity index (χ0n) is 11.7. The number of aliphatic carboxylic acids is 1. The SMILES string of the molecule is CN(CCC(=O)O)CC(=O)Nc1cccc(C(F)(F)F)c1.Cl. The molecule has 0 atom stereocenters. The van der Waals surface area contributed by atoms with Gasteiger partial charge in [0, 0.05) is 12.2 Å². The van der Waals surface area contributed by atoms with E-state index < -0.39 is 23.6 Å². The van der Waals surface area contributed by atoms with Crippen LogP contribution in [0.2, 0.25) is 0 Å². The molecule has 124 valence electrons. The minimum Gasteiger partial charge on any atom is -0.481 e. The molecule has 0 aromatic heterocycles. The summed E-state index contributed by atoms with van der Waals surface area (Å²) in [6.07, 6.45) is -4.59. The fourth-order valence-corrected chi connectivity index (χ4v) is 1.58. The van der Waals surface area contributed by atoms with Crippen LogP contribution in [0.4, 0.5) is 18.9 Å². The lowest BCUT2D eigenvalue weighted by Gasteiger charge is -2.15.